The van der Waals surface area contributed by atoms with Crippen LogP contribution in [0, 0.1) is 11.7 Å². The van der Waals surface area contributed by atoms with Gasteiger partial charge in [0.25, 0.3) is 5.91 Å². The van der Waals surface area contributed by atoms with Gasteiger partial charge in [0.15, 0.2) is 0 Å². The van der Waals surface area contributed by atoms with Crippen LogP contribution >= 0.6 is 0 Å². The van der Waals surface area contributed by atoms with E-state index in [0.29, 0.717) is 43.3 Å². The third-order valence-corrected chi connectivity index (χ3v) is 8.07. The molecule has 0 radical (unpaired) electrons. The molecule has 1 saturated carbocycles. The molecule has 190 valence electrons. The summed E-state index contributed by atoms with van der Waals surface area (Å²) < 4.78 is 56.5. The number of amides is 1. The summed E-state index contributed by atoms with van der Waals surface area (Å²) in [4.78, 5) is 22.5. The Morgan fingerprint density at radius 2 is 1.92 bits per heavy atom. The Bertz CT molecular complexity index is 1340. The molecule has 0 unspecified atom stereocenters. The minimum atomic E-state index is -4.84. The van der Waals surface area contributed by atoms with E-state index in [1.165, 1.54) is 36.4 Å². The van der Waals surface area contributed by atoms with Crippen molar-refractivity contribution < 1.29 is 27.1 Å². The fraction of sp³-hybridized carbons (Fsp3) is 0.462. The lowest BCUT2D eigenvalue weighted by Crippen LogP contribution is -2.38. The third-order valence-electron chi connectivity index (χ3n) is 8.07. The molecule has 0 spiro atoms. The smallest absolute Gasteiger partial charge is 0.406 e. The molecule has 3 heterocycles. The van der Waals surface area contributed by atoms with Crippen LogP contribution in [0.4, 0.5) is 23.2 Å². The van der Waals surface area contributed by atoms with Gasteiger partial charge in [-0.2, -0.15) is 0 Å². The first kappa shape index (κ1) is 23.1. The van der Waals surface area contributed by atoms with Crippen molar-refractivity contribution in [2.75, 3.05) is 18.8 Å². The van der Waals surface area contributed by atoms with E-state index in [1.54, 1.807) is 4.90 Å². The second-order valence-electron chi connectivity index (χ2n) is 10.2. The zero-order valence-electron chi connectivity index (χ0n) is 19.5. The Labute approximate surface area is 204 Å². The molecule has 6 nitrogen and oxygen atoms in total. The van der Waals surface area contributed by atoms with Gasteiger partial charge in [-0.05, 0) is 74.0 Å². The highest BCUT2D eigenvalue weighted by atomic mass is 19.4. The maximum absolute atomic E-state index is 15.2. The van der Waals surface area contributed by atoms with Crippen LogP contribution in [-0.2, 0) is 6.42 Å². The van der Waals surface area contributed by atoms with Crippen LogP contribution in [0.2, 0.25) is 0 Å². The summed E-state index contributed by atoms with van der Waals surface area (Å²) in [7, 11) is 0. The number of aromatic nitrogens is 2. The highest BCUT2D eigenvalue weighted by Gasteiger charge is 2.38. The molecule has 10 heteroatoms. The van der Waals surface area contributed by atoms with Crippen LogP contribution in [0.3, 0.4) is 0 Å². The van der Waals surface area contributed by atoms with Crippen molar-refractivity contribution in [2.24, 2.45) is 5.92 Å². The molecule has 1 amide bonds. The highest BCUT2D eigenvalue weighted by molar-refractivity contribution is 5.99. The quantitative estimate of drug-likeness (QED) is 0.359. The Balaban J connectivity index is 1.22. The number of rotatable bonds is 3. The molecule has 1 aliphatic heterocycles. The van der Waals surface area contributed by atoms with Crippen molar-refractivity contribution in [3.05, 3.63) is 52.6 Å². The van der Waals surface area contributed by atoms with Crippen LogP contribution in [-0.4, -0.2) is 40.2 Å². The lowest BCUT2D eigenvalue weighted by atomic mass is 9.82. The molecule has 2 fully saturated rings. The monoisotopic (exact) mass is 502 g/mol. The number of nitrogens with zero attached hydrogens (tertiary/aromatic N) is 2. The van der Waals surface area contributed by atoms with Gasteiger partial charge in [-0.1, -0.05) is 0 Å². The fourth-order valence-electron chi connectivity index (χ4n) is 6.49. The van der Waals surface area contributed by atoms with E-state index < -0.39 is 12.1 Å². The second kappa shape index (κ2) is 8.38. The van der Waals surface area contributed by atoms with Gasteiger partial charge in [-0.25, -0.2) is 9.37 Å². The number of ether oxygens (including phenoxy) is 1. The highest BCUT2D eigenvalue weighted by Crippen LogP contribution is 2.49. The minimum absolute atomic E-state index is 0.0565. The van der Waals surface area contributed by atoms with E-state index >= 15 is 4.39 Å². The van der Waals surface area contributed by atoms with Crippen LogP contribution in [0.15, 0.2) is 24.4 Å². The number of nitrogen functional groups attached to an aromatic ring is 1. The number of halogens is 4. The van der Waals surface area contributed by atoms with Crippen molar-refractivity contribution in [1.29, 1.82) is 0 Å². The number of nitrogens with one attached hydrogen (secondary N) is 1. The standard InChI is InChI=1S/C26H26F4N4O2/c27-19-12-32-24-22(18-10-13-1-2-15(9-13)23(18)33-24)21(19)14-5-7-34(8-6-14)25(35)17-4-3-16(11-20(17)31)36-26(28,29)30/h3-4,11-15H,1-2,5-10,31H2,(H,32,33)/t13-,15-/m0/s1. The predicted octanol–water partition coefficient (Wildman–Crippen LogP) is 5.64. The molecule has 1 aromatic carbocycles. The van der Waals surface area contributed by atoms with Gasteiger partial charge in [0.1, 0.15) is 17.2 Å². The van der Waals surface area contributed by atoms with Crippen LogP contribution < -0.4 is 10.5 Å². The lowest BCUT2D eigenvalue weighted by Gasteiger charge is -2.33. The molecule has 6 rings (SSSR count). The first-order valence-corrected chi connectivity index (χ1v) is 12.3. The summed E-state index contributed by atoms with van der Waals surface area (Å²) in [5, 5.41) is 0.927. The van der Waals surface area contributed by atoms with Crippen molar-refractivity contribution in [2.45, 2.75) is 56.7 Å². The molecule has 2 aromatic heterocycles. The average molecular weight is 503 g/mol. The maximum atomic E-state index is 15.2. The Hall–Kier alpha value is -3.30. The number of carbonyl (C=O) groups is 1. The number of alkyl halides is 3. The van der Waals surface area contributed by atoms with Gasteiger partial charge < -0.3 is 20.4 Å². The summed E-state index contributed by atoms with van der Waals surface area (Å²) in [6.45, 7) is 0.787. The number of H-pyrrole nitrogens is 1. The normalized spacial score (nSPS) is 22.2. The van der Waals surface area contributed by atoms with E-state index in [0.717, 1.165) is 36.0 Å². The number of benzene rings is 1. The van der Waals surface area contributed by atoms with E-state index in [9.17, 15) is 18.0 Å². The van der Waals surface area contributed by atoms with Crippen molar-refractivity contribution in [3.8, 4) is 5.75 Å². The Kier molecular flexibility index (Phi) is 5.38. The second-order valence-corrected chi connectivity index (χ2v) is 10.2. The first-order chi connectivity index (χ1) is 17.2. The number of fused-ring (bicyclic) bond motifs is 6. The Morgan fingerprint density at radius 3 is 2.64 bits per heavy atom. The van der Waals surface area contributed by atoms with E-state index in [4.69, 9.17) is 5.73 Å². The summed E-state index contributed by atoms with van der Waals surface area (Å²) in [5.74, 6) is -0.0521. The van der Waals surface area contributed by atoms with Crippen molar-refractivity contribution in [3.63, 3.8) is 0 Å². The lowest BCUT2D eigenvalue weighted by molar-refractivity contribution is -0.274. The number of hydrogen-bond donors (Lipinski definition) is 2. The number of piperidine rings is 1. The fourth-order valence-corrected chi connectivity index (χ4v) is 6.49. The van der Waals surface area contributed by atoms with E-state index in [2.05, 4.69) is 14.7 Å². The average Bonchev–Trinajstić information content (AvgIpc) is 3.40. The predicted molar refractivity (Wildman–Crippen MR) is 125 cm³/mol. The number of anilines is 1. The topological polar surface area (TPSA) is 84.2 Å². The molecule has 1 saturated heterocycles. The molecule has 2 bridgehead atoms. The van der Waals surface area contributed by atoms with Gasteiger partial charge in [-0.3, -0.25) is 4.79 Å². The molecule has 3 aromatic rings. The summed E-state index contributed by atoms with van der Waals surface area (Å²) in [5.41, 5.74) is 9.79. The van der Waals surface area contributed by atoms with Gasteiger partial charge in [0.2, 0.25) is 0 Å². The van der Waals surface area contributed by atoms with Gasteiger partial charge in [-0.15, -0.1) is 13.2 Å². The number of aromatic amines is 1. The Morgan fingerprint density at radius 1 is 1.14 bits per heavy atom. The number of pyridine rings is 1. The number of hydrogen-bond acceptors (Lipinski definition) is 4. The van der Waals surface area contributed by atoms with Gasteiger partial charge in [0, 0.05) is 41.5 Å². The third kappa shape index (κ3) is 3.96. The van der Waals surface area contributed by atoms with Gasteiger partial charge >= 0.3 is 6.36 Å². The summed E-state index contributed by atoms with van der Waals surface area (Å²) in [6.07, 6.45) is 2.11. The summed E-state index contributed by atoms with van der Waals surface area (Å²) in [6, 6.07) is 3.32. The van der Waals surface area contributed by atoms with Crippen LogP contribution in [0.5, 0.6) is 5.75 Å². The molecule has 2 aliphatic carbocycles. The zero-order valence-corrected chi connectivity index (χ0v) is 19.5. The van der Waals surface area contributed by atoms with E-state index in [1.807, 2.05) is 0 Å². The van der Waals surface area contributed by atoms with Crippen molar-refractivity contribution >= 4 is 22.6 Å². The molecule has 3 aliphatic rings. The molecule has 36 heavy (non-hydrogen) atoms. The largest absolute Gasteiger partial charge is 0.573 e. The number of likely N-dealkylation sites (tertiary alicyclic amines) is 1. The SMILES string of the molecule is Nc1cc(OC(F)(F)F)ccc1C(=O)N1CCC(c2c(F)cnc3[nH]c4c(c23)C[C@H]2CC[C@H]4C2)CC1. The minimum Gasteiger partial charge on any atom is -0.406 e. The summed E-state index contributed by atoms with van der Waals surface area (Å²) >= 11 is 0. The number of nitrogens with two attached hydrogens (primary N) is 1. The van der Waals surface area contributed by atoms with Gasteiger partial charge in [0.05, 0.1) is 11.8 Å². The van der Waals surface area contributed by atoms with Crippen LogP contribution in [0.25, 0.3) is 11.0 Å². The first-order valence-electron chi connectivity index (χ1n) is 12.3. The molecular formula is C26H26F4N4O2. The van der Waals surface area contributed by atoms with Crippen molar-refractivity contribution in [1.82, 2.24) is 14.9 Å². The molecular weight excluding hydrogens is 476 g/mol. The maximum Gasteiger partial charge on any atom is 0.573 e. The zero-order chi connectivity index (χ0) is 25.2. The molecule has 3 N–H and O–H groups in total. The number of carbonyl (C=O) groups excluding carboxylic acids is 1. The van der Waals surface area contributed by atoms with E-state index in [-0.39, 0.29) is 28.9 Å². The molecule has 2 atom stereocenters. The van der Waals surface area contributed by atoms with Crippen LogP contribution in [0.1, 0.15) is 71.1 Å².